The first-order valence-electron chi connectivity index (χ1n) is 5.35. The minimum atomic E-state index is 0.458. The predicted octanol–water partition coefficient (Wildman–Crippen LogP) is 1.96. The van der Waals surface area contributed by atoms with Crippen LogP contribution in [0.1, 0.15) is 18.2 Å². The second-order valence-electron chi connectivity index (χ2n) is 3.67. The molecule has 1 heterocycles. The zero-order chi connectivity index (χ0) is 11.4. The van der Waals surface area contributed by atoms with Crippen LogP contribution in [0.3, 0.4) is 0 Å². The Hall–Kier alpha value is -1.84. The first-order valence-corrected chi connectivity index (χ1v) is 5.35. The minimum Gasteiger partial charge on any atom is -0.487 e. The summed E-state index contributed by atoms with van der Waals surface area (Å²) in [6.45, 7) is 2.59. The molecule has 0 amide bonds. The van der Waals surface area contributed by atoms with E-state index in [2.05, 4.69) is 29.4 Å². The van der Waals surface area contributed by atoms with Gasteiger partial charge in [0.1, 0.15) is 18.1 Å². The van der Waals surface area contributed by atoms with Crippen LogP contribution in [0, 0.1) is 0 Å². The van der Waals surface area contributed by atoms with Crippen LogP contribution in [0.25, 0.3) is 0 Å². The molecule has 84 valence electrons. The van der Waals surface area contributed by atoms with Crippen molar-refractivity contribution < 1.29 is 4.74 Å². The van der Waals surface area contributed by atoms with E-state index >= 15 is 0 Å². The summed E-state index contributed by atoms with van der Waals surface area (Å²) in [6, 6.07) is 8.11. The maximum Gasteiger partial charge on any atom is 0.134 e. The van der Waals surface area contributed by atoms with E-state index in [9.17, 15) is 0 Å². The zero-order valence-corrected chi connectivity index (χ0v) is 9.55. The molecule has 4 heteroatoms. The number of hydrogen-bond acceptors (Lipinski definition) is 3. The summed E-state index contributed by atoms with van der Waals surface area (Å²) in [5.74, 6) is 0.864. The molecule has 0 radical (unpaired) electrons. The molecule has 0 N–H and O–H groups in total. The maximum atomic E-state index is 5.59. The van der Waals surface area contributed by atoms with Gasteiger partial charge in [-0.25, -0.2) is 0 Å². The fraction of sp³-hybridized carbons (Fsp3) is 0.333. The molecule has 16 heavy (non-hydrogen) atoms. The quantitative estimate of drug-likeness (QED) is 0.786. The summed E-state index contributed by atoms with van der Waals surface area (Å²) in [6.07, 6.45) is 2.89. The standard InChI is InChI=1S/C12H15N3O/c1-3-10-4-6-12(7-5-10)16-9-11-8-15(2)14-13-11/h4-8H,3,9H2,1-2H3. The van der Waals surface area contributed by atoms with E-state index in [-0.39, 0.29) is 0 Å². The van der Waals surface area contributed by atoms with E-state index in [1.807, 2.05) is 25.4 Å². The van der Waals surface area contributed by atoms with Crippen molar-refractivity contribution in [3.05, 3.63) is 41.7 Å². The number of hydrogen-bond donors (Lipinski definition) is 0. The SMILES string of the molecule is CCc1ccc(OCc2cn(C)nn2)cc1. The molecule has 0 saturated heterocycles. The van der Waals surface area contributed by atoms with Crippen molar-refractivity contribution in [3.8, 4) is 5.75 Å². The Balaban J connectivity index is 1.94. The second-order valence-corrected chi connectivity index (χ2v) is 3.67. The molecule has 0 aliphatic rings. The van der Waals surface area contributed by atoms with Crippen LogP contribution in [0.5, 0.6) is 5.75 Å². The molecule has 0 fully saturated rings. The molecule has 0 spiro atoms. The van der Waals surface area contributed by atoms with Crippen molar-refractivity contribution >= 4 is 0 Å². The van der Waals surface area contributed by atoms with Crippen LogP contribution >= 0.6 is 0 Å². The predicted molar refractivity (Wildman–Crippen MR) is 61.2 cm³/mol. The third-order valence-corrected chi connectivity index (χ3v) is 2.37. The smallest absolute Gasteiger partial charge is 0.134 e. The zero-order valence-electron chi connectivity index (χ0n) is 9.55. The third-order valence-electron chi connectivity index (χ3n) is 2.37. The van der Waals surface area contributed by atoms with Crippen molar-refractivity contribution in [2.24, 2.45) is 7.05 Å². The molecule has 1 aromatic carbocycles. The highest BCUT2D eigenvalue weighted by molar-refractivity contribution is 5.27. The largest absolute Gasteiger partial charge is 0.487 e. The normalized spacial score (nSPS) is 10.4. The Kier molecular flexibility index (Phi) is 3.19. The molecule has 0 aliphatic heterocycles. The van der Waals surface area contributed by atoms with E-state index < -0.39 is 0 Å². The van der Waals surface area contributed by atoms with Crippen LogP contribution < -0.4 is 4.74 Å². The third kappa shape index (κ3) is 2.59. The average Bonchev–Trinajstić information content (AvgIpc) is 2.73. The number of ether oxygens (including phenoxy) is 1. The Morgan fingerprint density at radius 2 is 2.00 bits per heavy atom. The summed E-state index contributed by atoms with van der Waals surface area (Å²) in [5.41, 5.74) is 2.15. The van der Waals surface area contributed by atoms with Crippen molar-refractivity contribution in [1.29, 1.82) is 0 Å². The molecular weight excluding hydrogens is 202 g/mol. The summed E-state index contributed by atoms with van der Waals surface area (Å²) in [4.78, 5) is 0. The minimum absolute atomic E-state index is 0.458. The van der Waals surface area contributed by atoms with Crippen LogP contribution in [-0.2, 0) is 20.1 Å². The lowest BCUT2D eigenvalue weighted by atomic mass is 10.2. The van der Waals surface area contributed by atoms with E-state index in [1.54, 1.807) is 4.68 Å². The number of nitrogens with zero attached hydrogens (tertiary/aromatic N) is 3. The van der Waals surface area contributed by atoms with Crippen LogP contribution in [-0.4, -0.2) is 15.0 Å². The van der Waals surface area contributed by atoms with E-state index in [1.165, 1.54) is 5.56 Å². The van der Waals surface area contributed by atoms with Crippen LogP contribution in [0.2, 0.25) is 0 Å². The first-order chi connectivity index (χ1) is 7.78. The molecule has 2 rings (SSSR count). The molecule has 1 aromatic heterocycles. The highest BCUT2D eigenvalue weighted by atomic mass is 16.5. The van der Waals surface area contributed by atoms with Gasteiger partial charge in [-0.2, -0.15) is 0 Å². The van der Waals surface area contributed by atoms with E-state index in [0.29, 0.717) is 6.61 Å². The number of rotatable bonds is 4. The fourth-order valence-corrected chi connectivity index (χ4v) is 1.44. The Morgan fingerprint density at radius 1 is 1.25 bits per heavy atom. The van der Waals surface area contributed by atoms with Crippen molar-refractivity contribution in [2.75, 3.05) is 0 Å². The van der Waals surface area contributed by atoms with Crippen LogP contribution in [0.15, 0.2) is 30.5 Å². The Bertz CT molecular complexity index is 448. The monoisotopic (exact) mass is 217 g/mol. The van der Waals surface area contributed by atoms with Gasteiger partial charge in [-0.1, -0.05) is 24.3 Å². The van der Waals surface area contributed by atoms with Gasteiger partial charge in [-0.15, -0.1) is 5.10 Å². The van der Waals surface area contributed by atoms with Gasteiger partial charge in [-0.3, -0.25) is 4.68 Å². The van der Waals surface area contributed by atoms with Gasteiger partial charge in [-0.05, 0) is 24.1 Å². The van der Waals surface area contributed by atoms with E-state index in [4.69, 9.17) is 4.74 Å². The maximum absolute atomic E-state index is 5.59. The second kappa shape index (κ2) is 4.79. The van der Waals surface area contributed by atoms with Crippen LogP contribution in [0.4, 0.5) is 0 Å². The van der Waals surface area contributed by atoms with Gasteiger partial charge in [0, 0.05) is 7.05 Å². The summed E-state index contributed by atoms with van der Waals surface area (Å²) < 4.78 is 7.25. The first kappa shape index (κ1) is 10.7. The van der Waals surface area contributed by atoms with Gasteiger partial charge in [0.25, 0.3) is 0 Å². The van der Waals surface area contributed by atoms with Crippen molar-refractivity contribution in [2.45, 2.75) is 20.0 Å². The average molecular weight is 217 g/mol. The lowest BCUT2D eigenvalue weighted by Crippen LogP contribution is -1.95. The molecule has 0 unspecified atom stereocenters. The molecule has 0 bridgehead atoms. The van der Waals surface area contributed by atoms with Gasteiger partial charge in [0.15, 0.2) is 0 Å². The van der Waals surface area contributed by atoms with Gasteiger partial charge < -0.3 is 4.74 Å². The van der Waals surface area contributed by atoms with Gasteiger partial charge in [0.2, 0.25) is 0 Å². The topological polar surface area (TPSA) is 39.9 Å². The number of benzene rings is 1. The lowest BCUT2D eigenvalue weighted by molar-refractivity contribution is 0.301. The molecule has 0 saturated carbocycles. The molecular formula is C12H15N3O. The number of aromatic nitrogens is 3. The Morgan fingerprint density at radius 3 is 2.56 bits per heavy atom. The molecule has 0 atom stereocenters. The summed E-state index contributed by atoms with van der Waals surface area (Å²) in [5, 5.41) is 7.80. The van der Waals surface area contributed by atoms with Crippen molar-refractivity contribution in [1.82, 2.24) is 15.0 Å². The highest BCUT2D eigenvalue weighted by Gasteiger charge is 1.99. The highest BCUT2D eigenvalue weighted by Crippen LogP contribution is 2.13. The molecule has 0 aliphatic carbocycles. The molecule has 2 aromatic rings. The molecule has 4 nitrogen and oxygen atoms in total. The lowest BCUT2D eigenvalue weighted by Gasteiger charge is -2.04. The Labute approximate surface area is 94.9 Å². The van der Waals surface area contributed by atoms with Crippen molar-refractivity contribution in [3.63, 3.8) is 0 Å². The summed E-state index contributed by atoms with van der Waals surface area (Å²) >= 11 is 0. The summed E-state index contributed by atoms with van der Waals surface area (Å²) in [7, 11) is 1.84. The van der Waals surface area contributed by atoms with E-state index in [0.717, 1.165) is 17.9 Å². The number of aryl methyl sites for hydroxylation is 2. The fourth-order valence-electron chi connectivity index (χ4n) is 1.44. The van der Waals surface area contributed by atoms with Gasteiger partial charge in [0.05, 0.1) is 6.20 Å². The van der Waals surface area contributed by atoms with Gasteiger partial charge >= 0.3 is 0 Å².